The topological polar surface area (TPSA) is 93.1 Å². The molecule has 0 fully saturated rings. The summed E-state index contributed by atoms with van der Waals surface area (Å²) in [4.78, 5) is 23.6. The molecule has 694 valence electrons. The quantitative estimate of drug-likeness (QED) is 0.0360. The summed E-state index contributed by atoms with van der Waals surface area (Å²) < 4.78 is 923. The number of rotatable bonds is 41. The molecule has 0 aliphatic heterocycles. The molecule has 0 bridgehead atoms. The lowest BCUT2D eigenvalue weighted by molar-refractivity contribution is -0.491. The molecule has 2 unspecified atom stereocenters. The number of alkyl halides is 66. The summed E-state index contributed by atoms with van der Waals surface area (Å²) in [6.45, 7) is -5.33. The highest BCUT2D eigenvalue weighted by molar-refractivity contribution is 5.70. The second-order valence-electron chi connectivity index (χ2n) is 22.8. The number of hydrogen-bond donors (Lipinski definition) is 2. The van der Waals surface area contributed by atoms with Crippen LogP contribution in [0.1, 0.15) is 38.5 Å². The number of carbonyl (C=O) groups excluding carboxylic acids is 2. The van der Waals surface area contributed by atoms with Crippen molar-refractivity contribution in [3.63, 3.8) is 0 Å². The van der Waals surface area contributed by atoms with Gasteiger partial charge in [-0.1, -0.05) is 0 Å². The zero-order valence-corrected chi connectivity index (χ0v) is 51.3. The SMILES string of the molecule is O=C(CCCCC(=O)OCC(O)CC(F)(F)C(F)(F)C(F)(F)C(F)(F)C(F)(F)C(F)(F)C(F)(F)C(F)(F)C(F)(F)C(F)(F)C(F)(F)C(F)(F)C(F)(F)C(F)(F)C(F)(F)C(F)(F)F)OCC(O)CC(F)(F)C(F)(F)C(F)(F)C(F)(F)C(F)(F)C(F)(F)C(F)(F)C(F)(F)C(F)(F)C(F)(F)C(F)(F)C(F)(F)C(F)(F)C(F)(F)C(F)(F)C(F)(F)F. The number of aliphatic hydroxyl groups is 2. The average molecular weight is 1900 g/mol. The number of ether oxygens (including phenoxy) is 2. The minimum absolute atomic E-state index is 1.29. The van der Waals surface area contributed by atoms with Crippen LogP contribution in [0.5, 0.6) is 0 Å². The number of hydrogen-bond acceptors (Lipinski definition) is 6. The van der Waals surface area contributed by atoms with Crippen molar-refractivity contribution < 1.29 is 319 Å². The lowest BCUT2D eigenvalue weighted by Crippen LogP contribution is -2.80. The van der Waals surface area contributed by atoms with Crippen molar-refractivity contribution in [3.05, 3.63) is 0 Å². The maximum Gasteiger partial charge on any atom is 0.460 e. The van der Waals surface area contributed by atoms with Crippen LogP contribution in [0.25, 0.3) is 0 Å². The first-order valence-corrected chi connectivity index (χ1v) is 26.4. The van der Waals surface area contributed by atoms with Crippen molar-refractivity contribution in [1.82, 2.24) is 0 Å². The molecule has 0 aromatic rings. The molecule has 0 heterocycles. The molecule has 0 spiro atoms. The Balaban J connectivity index is 6.62. The highest BCUT2D eigenvalue weighted by Crippen LogP contribution is 2.74. The van der Waals surface area contributed by atoms with E-state index in [1.165, 1.54) is 0 Å². The van der Waals surface area contributed by atoms with Crippen LogP contribution in [0.2, 0.25) is 0 Å². The van der Waals surface area contributed by atoms with E-state index in [1.807, 2.05) is 0 Å². The Morgan fingerprint density at radius 3 is 0.397 bits per heavy atom. The first kappa shape index (κ1) is 110. The normalized spacial score (nSPS) is 17.2. The third-order valence-corrected chi connectivity index (χ3v) is 14.8. The highest BCUT2D eigenvalue weighted by atomic mass is 19.5. The zero-order chi connectivity index (χ0) is 95.4. The summed E-state index contributed by atoms with van der Waals surface area (Å²) in [5, 5.41) is 18.8. The van der Waals surface area contributed by atoms with Crippen LogP contribution in [-0.4, -0.2) is 238 Å². The third-order valence-electron chi connectivity index (χ3n) is 14.8. The number of esters is 2. The molecule has 0 aliphatic carbocycles. The minimum atomic E-state index is -10.5. The van der Waals surface area contributed by atoms with Crippen LogP contribution in [0, 0.1) is 0 Å². The molecule has 2 N–H and O–H groups in total. The fourth-order valence-electron chi connectivity index (χ4n) is 7.57. The Morgan fingerprint density at radius 1 is 0.181 bits per heavy atom. The van der Waals surface area contributed by atoms with Gasteiger partial charge >= 0.3 is 202 Å². The van der Waals surface area contributed by atoms with Crippen molar-refractivity contribution in [1.29, 1.82) is 0 Å². The maximum atomic E-state index is 14.4. The average Bonchev–Trinajstić information content (AvgIpc) is 0.680. The van der Waals surface area contributed by atoms with E-state index in [4.69, 9.17) is 0 Å². The predicted molar refractivity (Wildman–Crippen MR) is 222 cm³/mol. The van der Waals surface area contributed by atoms with Gasteiger partial charge < -0.3 is 19.7 Å². The van der Waals surface area contributed by atoms with E-state index < -0.39 is 266 Å². The van der Waals surface area contributed by atoms with Gasteiger partial charge in [-0.25, -0.2) is 0 Å². The molecule has 0 radical (unpaired) electrons. The van der Waals surface area contributed by atoms with Gasteiger partial charge in [0.15, 0.2) is 0 Å². The summed E-state index contributed by atoms with van der Waals surface area (Å²) in [7, 11) is 0. The third kappa shape index (κ3) is 14.7. The van der Waals surface area contributed by atoms with Gasteiger partial charge in [0.1, 0.15) is 13.2 Å². The summed E-state index contributed by atoms with van der Waals surface area (Å²) in [6.07, 6.45) is -39.4. The van der Waals surface area contributed by atoms with Crippen molar-refractivity contribution in [2.75, 3.05) is 13.2 Å². The van der Waals surface area contributed by atoms with Crippen molar-refractivity contribution in [3.8, 4) is 0 Å². The molecular formula is C44H20F66O6. The lowest BCUT2D eigenvalue weighted by Gasteiger charge is -2.47. The molecule has 2 atom stereocenters. The van der Waals surface area contributed by atoms with E-state index >= 15 is 0 Å². The largest absolute Gasteiger partial charge is 0.463 e. The van der Waals surface area contributed by atoms with Crippen LogP contribution in [-0.2, 0) is 19.1 Å². The van der Waals surface area contributed by atoms with E-state index in [2.05, 4.69) is 9.47 Å². The van der Waals surface area contributed by atoms with Gasteiger partial charge in [0, 0.05) is 25.7 Å². The molecule has 0 amide bonds. The number of unbranched alkanes of at least 4 members (excludes halogenated alkanes) is 1. The summed E-state index contributed by atoms with van der Waals surface area (Å²) in [5.74, 6) is -301. The molecule has 116 heavy (non-hydrogen) atoms. The zero-order valence-electron chi connectivity index (χ0n) is 51.3. The minimum Gasteiger partial charge on any atom is -0.463 e. The number of halogens is 66. The van der Waals surface area contributed by atoms with Crippen molar-refractivity contribution >= 4 is 11.9 Å². The Hall–Kier alpha value is -5.76. The molecule has 0 saturated heterocycles. The van der Waals surface area contributed by atoms with Gasteiger partial charge in [-0.2, -0.15) is 290 Å². The summed E-state index contributed by atoms with van der Waals surface area (Å²) in [6, 6.07) is 0. The van der Waals surface area contributed by atoms with E-state index in [0.29, 0.717) is 0 Å². The van der Waals surface area contributed by atoms with Crippen molar-refractivity contribution in [2.24, 2.45) is 0 Å². The molecule has 0 rings (SSSR count). The predicted octanol–water partition coefficient (Wildman–Crippen LogP) is 21.3. The van der Waals surface area contributed by atoms with E-state index in [-0.39, 0.29) is 0 Å². The van der Waals surface area contributed by atoms with Crippen LogP contribution in [0.15, 0.2) is 0 Å². The molecule has 0 aliphatic rings. The smallest absolute Gasteiger partial charge is 0.460 e. The van der Waals surface area contributed by atoms with Crippen LogP contribution in [0.3, 0.4) is 0 Å². The summed E-state index contributed by atoms with van der Waals surface area (Å²) >= 11 is 0. The van der Waals surface area contributed by atoms with E-state index in [0.717, 1.165) is 0 Å². The summed E-state index contributed by atoms with van der Waals surface area (Å²) in [5.41, 5.74) is 0. The number of aliphatic hydroxyl groups excluding tert-OH is 2. The first-order valence-electron chi connectivity index (χ1n) is 26.4. The maximum absolute atomic E-state index is 14.4. The van der Waals surface area contributed by atoms with Gasteiger partial charge in [-0.3, -0.25) is 9.59 Å². The second-order valence-corrected chi connectivity index (χ2v) is 22.8. The highest BCUT2D eigenvalue weighted by Gasteiger charge is 3.05. The monoisotopic (exact) mass is 1900 g/mol. The van der Waals surface area contributed by atoms with E-state index in [9.17, 15) is 310 Å². The van der Waals surface area contributed by atoms with Crippen LogP contribution in [0.4, 0.5) is 290 Å². The molecule has 0 saturated carbocycles. The first-order chi connectivity index (χ1) is 49.3. The standard InChI is InChI=1S/C44H20F66O6/c45-13(46,15(49,50)17(53,54)19(57,58)21(61,62)23(65,66)25(69,70)27(73,74)29(77,78)31(81,82)33(85,86)35(89,90)37(93,94)39(97,98)41(101,102)43(105,106)107)5-9(111)7-115-11(113)3-1-2-4-12(114)116-8-10(112)6-14(47,48)16(51,52)18(55,56)20(59,60)22(63,64)24(67,68)26(71,72)28(75,76)30(79,80)32(83,84)34(87,88)36(91,92)38(95,96)40(99,100)42(103,104)44(108,109)110/h9-10,111-112H,1-8H2. The number of carbonyl (C=O) groups is 2. The molecule has 72 heteroatoms. The van der Waals surface area contributed by atoms with Crippen molar-refractivity contribution in [2.45, 2.75) is 241 Å². The Morgan fingerprint density at radius 2 is 0.284 bits per heavy atom. The molecular weight excluding hydrogens is 1880 g/mol. The van der Waals surface area contributed by atoms with Gasteiger partial charge in [0.2, 0.25) is 0 Å². The lowest BCUT2D eigenvalue weighted by atomic mass is 9.82. The molecule has 0 aromatic carbocycles. The van der Waals surface area contributed by atoms with Gasteiger partial charge in [0.25, 0.3) is 0 Å². The van der Waals surface area contributed by atoms with Gasteiger partial charge in [-0.05, 0) is 12.8 Å². The Bertz CT molecular complexity index is 3200. The second kappa shape index (κ2) is 29.5. The Kier molecular flexibility index (Phi) is 28.0. The molecule has 6 nitrogen and oxygen atoms in total. The molecule has 0 aromatic heterocycles. The van der Waals surface area contributed by atoms with Gasteiger partial charge in [0.05, 0.1) is 12.2 Å². The fourth-order valence-corrected chi connectivity index (χ4v) is 7.57. The fraction of sp³-hybridized carbons (Fsp3) is 0.955. The van der Waals surface area contributed by atoms with Gasteiger partial charge in [-0.15, -0.1) is 0 Å². The van der Waals surface area contributed by atoms with Crippen LogP contribution < -0.4 is 0 Å². The van der Waals surface area contributed by atoms with Crippen LogP contribution >= 0.6 is 0 Å². The Labute approximate surface area is 585 Å². The van der Waals surface area contributed by atoms with E-state index in [1.54, 1.807) is 0 Å².